The molecule has 6 nitrogen and oxygen atoms in total. The lowest BCUT2D eigenvalue weighted by Gasteiger charge is -2.28. The zero-order chi connectivity index (χ0) is 14.8. The smallest absolute Gasteiger partial charge is 0.311 e. The van der Waals surface area contributed by atoms with Gasteiger partial charge in [-0.05, 0) is 33.6 Å². The molecular formula is C14H21N3O3. The molecule has 0 radical (unpaired) electrons. The van der Waals surface area contributed by atoms with Gasteiger partial charge in [-0.3, -0.25) is 4.79 Å². The first kappa shape index (κ1) is 14.6. The molecule has 2 unspecified atom stereocenters. The second kappa shape index (κ2) is 5.64. The van der Waals surface area contributed by atoms with Gasteiger partial charge in [0.2, 0.25) is 5.88 Å². The van der Waals surface area contributed by atoms with Gasteiger partial charge in [-0.15, -0.1) is 0 Å². The predicted molar refractivity (Wildman–Crippen MR) is 74.8 cm³/mol. The molecule has 0 aromatic carbocycles. The zero-order valence-electron chi connectivity index (χ0n) is 12.1. The monoisotopic (exact) mass is 279 g/mol. The molecule has 0 amide bonds. The average molecular weight is 279 g/mol. The third-order valence-electron chi connectivity index (χ3n) is 3.77. The molecule has 2 atom stereocenters. The maximum Gasteiger partial charge on any atom is 0.311 e. The summed E-state index contributed by atoms with van der Waals surface area (Å²) in [5, 5.41) is 12.6. The Morgan fingerprint density at radius 2 is 2.30 bits per heavy atom. The van der Waals surface area contributed by atoms with E-state index in [0.29, 0.717) is 18.1 Å². The summed E-state index contributed by atoms with van der Waals surface area (Å²) in [4.78, 5) is 19.6. The summed E-state index contributed by atoms with van der Waals surface area (Å²) in [6.07, 6.45) is 3.87. The number of aliphatic carboxylic acids is 1. The molecule has 6 heteroatoms. The predicted octanol–water partition coefficient (Wildman–Crippen LogP) is 2.32. The van der Waals surface area contributed by atoms with E-state index in [1.165, 1.54) is 6.33 Å². The van der Waals surface area contributed by atoms with E-state index in [-0.39, 0.29) is 12.1 Å². The maximum absolute atomic E-state index is 11.4. The van der Waals surface area contributed by atoms with Crippen LogP contribution in [0.1, 0.15) is 40.0 Å². The number of anilines is 1. The molecule has 1 fully saturated rings. The highest BCUT2D eigenvalue weighted by Crippen LogP contribution is 2.39. The highest BCUT2D eigenvalue weighted by Gasteiger charge is 2.45. The summed E-state index contributed by atoms with van der Waals surface area (Å²) < 4.78 is 5.51. The second-order valence-electron chi connectivity index (χ2n) is 5.72. The Balaban J connectivity index is 2.11. The number of carboxylic acid groups (broad SMARTS) is 1. The number of carboxylic acids is 1. The molecule has 1 heterocycles. The van der Waals surface area contributed by atoms with Crippen LogP contribution in [0.2, 0.25) is 0 Å². The average Bonchev–Trinajstić information content (AvgIpc) is 2.72. The third-order valence-corrected chi connectivity index (χ3v) is 3.77. The molecule has 1 saturated carbocycles. The van der Waals surface area contributed by atoms with Crippen LogP contribution in [0.25, 0.3) is 0 Å². The van der Waals surface area contributed by atoms with E-state index in [4.69, 9.17) is 4.74 Å². The molecule has 0 spiro atoms. The molecule has 1 aliphatic rings. The fourth-order valence-electron chi connectivity index (χ4n) is 2.56. The lowest BCUT2D eigenvalue weighted by molar-refractivity contribution is -0.147. The molecule has 1 aromatic rings. The number of ether oxygens (including phenoxy) is 1. The van der Waals surface area contributed by atoms with E-state index < -0.39 is 11.4 Å². The summed E-state index contributed by atoms with van der Waals surface area (Å²) in [5.41, 5.74) is -0.746. The summed E-state index contributed by atoms with van der Waals surface area (Å²) in [6.45, 7) is 5.63. The van der Waals surface area contributed by atoms with E-state index in [0.717, 1.165) is 12.8 Å². The summed E-state index contributed by atoms with van der Waals surface area (Å²) in [7, 11) is 0. The van der Waals surface area contributed by atoms with E-state index in [2.05, 4.69) is 15.3 Å². The maximum atomic E-state index is 11.4. The van der Waals surface area contributed by atoms with Crippen molar-refractivity contribution >= 4 is 11.8 Å². The summed E-state index contributed by atoms with van der Waals surface area (Å²) in [6, 6.07) is 1.59. The first-order chi connectivity index (χ1) is 9.41. The van der Waals surface area contributed by atoms with Crippen molar-refractivity contribution in [2.75, 3.05) is 5.32 Å². The van der Waals surface area contributed by atoms with E-state index in [1.54, 1.807) is 13.0 Å². The Morgan fingerprint density at radius 3 is 2.95 bits per heavy atom. The van der Waals surface area contributed by atoms with E-state index in [9.17, 15) is 9.90 Å². The van der Waals surface area contributed by atoms with Crippen LogP contribution < -0.4 is 10.1 Å². The fraction of sp³-hybridized carbons (Fsp3) is 0.643. The van der Waals surface area contributed by atoms with Crippen LogP contribution in [0, 0.1) is 5.41 Å². The molecule has 1 aliphatic carbocycles. The molecule has 0 aliphatic heterocycles. The van der Waals surface area contributed by atoms with Crippen LogP contribution in [-0.2, 0) is 4.79 Å². The molecule has 2 rings (SSSR count). The van der Waals surface area contributed by atoms with Gasteiger partial charge < -0.3 is 15.2 Å². The zero-order valence-corrected chi connectivity index (χ0v) is 12.1. The van der Waals surface area contributed by atoms with Gasteiger partial charge in [-0.1, -0.05) is 6.42 Å². The highest BCUT2D eigenvalue weighted by atomic mass is 16.5. The Kier molecular flexibility index (Phi) is 4.11. The summed E-state index contributed by atoms with van der Waals surface area (Å²) >= 11 is 0. The molecular weight excluding hydrogens is 258 g/mol. The van der Waals surface area contributed by atoms with Crippen molar-refractivity contribution in [3.05, 3.63) is 12.4 Å². The van der Waals surface area contributed by atoms with Crippen molar-refractivity contribution in [3.63, 3.8) is 0 Å². The quantitative estimate of drug-likeness (QED) is 0.860. The Labute approximate surface area is 118 Å². The first-order valence-corrected chi connectivity index (χ1v) is 6.90. The number of nitrogens with one attached hydrogen (secondary N) is 1. The van der Waals surface area contributed by atoms with Crippen molar-refractivity contribution in [2.45, 2.75) is 52.2 Å². The number of nitrogens with zero attached hydrogens (tertiary/aromatic N) is 2. The standard InChI is InChI=1S/C14H21N3O3/c1-9(2)20-12-7-11(15-8-16-12)17-10-5-4-6-14(10,3)13(18)19/h7-10H,4-6H2,1-3H3,(H,18,19)(H,15,16,17). The van der Waals surface area contributed by atoms with Gasteiger partial charge in [0.05, 0.1) is 11.5 Å². The second-order valence-corrected chi connectivity index (χ2v) is 5.72. The van der Waals surface area contributed by atoms with Crippen LogP contribution in [-0.4, -0.2) is 33.2 Å². The lowest BCUT2D eigenvalue weighted by atomic mass is 9.85. The number of hydrogen-bond acceptors (Lipinski definition) is 5. The largest absolute Gasteiger partial charge is 0.481 e. The highest BCUT2D eigenvalue weighted by molar-refractivity contribution is 5.76. The minimum absolute atomic E-state index is 0.0357. The minimum atomic E-state index is -0.764. The topological polar surface area (TPSA) is 84.3 Å². The van der Waals surface area contributed by atoms with Crippen molar-refractivity contribution < 1.29 is 14.6 Å². The van der Waals surface area contributed by atoms with Gasteiger partial charge in [0, 0.05) is 12.1 Å². The normalized spacial score (nSPS) is 25.7. The van der Waals surface area contributed by atoms with Crippen molar-refractivity contribution in [2.24, 2.45) is 5.41 Å². The molecule has 110 valence electrons. The van der Waals surface area contributed by atoms with Crippen LogP contribution >= 0.6 is 0 Å². The number of rotatable bonds is 5. The van der Waals surface area contributed by atoms with Gasteiger partial charge in [0.25, 0.3) is 0 Å². The lowest BCUT2D eigenvalue weighted by Crippen LogP contribution is -2.40. The SMILES string of the molecule is CC(C)Oc1cc(NC2CCCC2(C)C(=O)O)ncn1. The van der Waals surface area contributed by atoms with Crippen LogP contribution in [0.4, 0.5) is 5.82 Å². The van der Waals surface area contributed by atoms with E-state index >= 15 is 0 Å². The van der Waals surface area contributed by atoms with Crippen LogP contribution in [0.3, 0.4) is 0 Å². The van der Waals surface area contributed by atoms with Crippen molar-refractivity contribution in [1.82, 2.24) is 9.97 Å². The molecule has 1 aromatic heterocycles. The number of aromatic nitrogens is 2. The van der Waals surface area contributed by atoms with Gasteiger partial charge in [0.1, 0.15) is 12.1 Å². The molecule has 20 heavy (non-hydrogen) atoms. The minimum Gasteiger partial charge on any atom is -0.481 e. The molecule has 2 N–H and O–H groups in total. The fourth-order valence-corrected chi connectivity index (χ4v) is 2.56. The molecule has 0 bridgehead atoms. The van der Waals surface area contributed by atoms with Gasteiger partial charge in [-0.25, -0.2) is 9.97 Å². The number of hydrogen-bond donors (Lipinski definition) is 2. The van der Waals surface area contributed by atoms with Crippen molar-refractivity contribution in [3.8, 4) is 5.88 Å². The van der Waals surface area contributed by atoms with Gasteiger partial charge in [-0.2, -0.15) is 0 Å². The number of carbonyl (C=O) groups is 1. The Bertz CT molecular complexity index is 492. The van der Waals surface area contributed by atoms with Crippen LogP contribution in [0.5, 0.6) is 5.88 Å². The Hall–Kier alpha value is -1.85. The summed E-state index contributed by atoms with van der Waals surface area (Å²) in [5.74, 6) is 0.336. The Morgan fingerprint density at radius 1 is 1.55 bits per heavy atom. The first-order valence-electron chi connectivity index (χ1n) is 6.90. The van der Waals surface area contributed by atoms with E-state index in [1.807, 2.05) is 13.8 Å². The van der Waals surface area contributed by atoms with Gasteiger partial charge in [0.15, 0.2) is 0 Å². The third kappa shape index (κ3) is 3.00. The van der Waals surface area contributed by atoms with Gasteiger partial charge >= 0.3 is 5.97 Å². The molecule has 0 saturated heterocycles. The van der Waals surface area contributed by atoms with Crippen LogP contribution in [0.15, 0.2) is 12.4 Å². The van der Waals surface area contributed by atoms with Crippen molar-refractivity contribution in [1.29, 1.82) is 0 Å².